The molecule has 0 bridgehead atoms. The molecular weight excluding hydrogens is 313 g/mol. The summed E-state index contributed by atoms with van der Waals surface area (Å²) < 4.78 is 4.66. The Balaban J connectivity index is 2.41. The molecule has 2 aromatic rings. The Morgan fingerprint density at radius 1 is 1.33 bits per heavy atom. The molecule has 1 aromatic heterocycles. The van der Waals surface area contributed by atoms with E-state index in [1.807, 2.05) is 6.92 Å². The van der Waals surface area contributed by atoms with E-state index >= 15 is 0 Å². The monoisotopic (exact) mass is 325 g/mol. The lowest BCUT2D eigenvalue weighted by atomic mass is 10.2. The molecule has 0 aliphatic carbocycles. The van der Waals surface area contributed by atoms with Crippen molar-refractivity contribution in [1.82, 2.24) is 4.98 Å². The van der Waals surface area contributed by atoms with Crippen LogP contribution in [0.2, 0.25) is 10.0 Å². The van der Waals surface area contributed by atoms with Crippen LogP contribution in [0.25, 0.3) is 0 Å². The van der Waals surface area contributed by atoms with E-state index in [1.54, 1.807) is 12.1 Å². The van der Waals surface area contributed by atoms with E-state index in [9.17, 15) is 4.79 Å². The van der Waals surface area contributed by atoms with Crippen LogP contribution in [0.4, 0.5) is 17.2 Å². The van der Waals surface area contributed by atoms with Crippen molar-refractivity contribution >= 4 is 46.4 Å². The van der Waals surface area contributed by atoms with Crippen LogP contribution < -0.4 is 11.1 Å². The van der Waals surface area contributed by atoms with Gasteiger partial charge in [0.15, 0.2) is 5.82 Å². The summed E-state index contributed by atoms with van der Waals surface area (Å²) in [5.74, 6) is -0.231. The Labute approximate surface area is 132 Å². The van der Waals surface area contributed by atoms with Crippen molar-refractivity contribution in [3.8, 4) is 0 Å². The van der Waals surface area contributed by atoms with E-state index < -0.39 is 5.97 Å². The molecule has 2 rings (SSSR count). The van der Waals surface area contributed by atoms with Gasteiger partial charge in [-0.2, -0.15) is 0 Å². The first-order valence-corrected chi connectivity index (χ1v) is 6.75. The van der Waals surface area contributed by atoms with E-state index in [1.165, 1.54) is 19.4 Å². The van der Waals surface area contributed by atoms with Crippen LogP contribution in [0.1, 0.15) is 15.9 Å². The minimum atomic E-state index is -0.536. The lowest BCUT2D eigenvalue weighted by Gasteiger charge is -2.13. The standard InChI is InChI=1S/C14H13Cl2N3O2/c1-7-5-10(16)11(6-9(7)15)19-13-12(17)8(3-4-18-13)14(20)21-2/h3-6H,17H2,1-2H3,(H,18,19). The van der Waals surface area contributed by atoms with Gasteiger partial charge in [-0.05, 0) is 30.7 Å². The molecule has 0 atom stereocenters. The van der Waals surface area contributed by atoms with Gasteiger partial charge in [-0.15, -0.1) is 0 Å². The lowest BCUT2D eigenvalue weighted by Crippen LogP contribution is -2.09. The number of halogens is 2. The quantitative estimate of drug-likeness (QED) is 0.839. The fraction of sp³-hybridized carbons (Fsp3) is 0.143. The Kier molecular flexibility index (Phi) is 4.55. The van der Waals surface area contributed by atoms with Crippen molar-refractivity contribution in [2.24, 2.45) is 0 Å². The second-order valence-electron chi connectivity index (χ2n) is 4.32. The van der Waals surface area contributed by atoms with Gasteiger partial charge in [-0.1, -0.05) is 23.2 Å². The minimum Gasteiger partial charge on any atom is -0.465 e. The molecule has 0 aliphatic heterocycles. The Morgan fingerprint density at radius 2 is 2.05 bits per heavy atom. The first-order chi connectivity index (χ1) is 9.93. The summed E-state index contributed by atoms with van der Waals surface area (Å²) in [6.07, 6.45) is 1.45. The van der Waals surface area contributed by atoms with Gasteiger partial charge in [0.2, 0.25) is 0 Å². The number of benzene rings is 1. The lowest BCUT2D eigenvalue weighted by molar-refractivity contribution is 0.0602. The maximum Gasteiger partial charge on any atom is 0.340 e. The van der Waals surface area contributed by atoms with Gasteiger partial charge < -0.3 is 15.8 Å². The molecule has 0 saturated carbocycles. The Morgan fingerprint density at radius 3 is 2.71 bits per heavy atom. The molecule has 0 fully saturated rings. The second-order valence-corrected chi connectivity index (χ2v) is 5.13. The molecule has 1 heterocycles. The highest BCUT2D eigenvalue weighted by Gasteiger charge is 2.15. The van der Waals surface area contributed by atoms with Crippen molar-refractivity contribution in [2.75, 3.05) is 18.2 Å². The highest BCUT2D eigenvalue weighted by molar-refractivity contribution is 6.35. The van der Waals surface area contributed by atoms with Gasteiger partial charge in [0, 0.05) is 11.2 Å². The molecule has 0 spiro atoms. The number of ether oxygens (including phenoxy) is 1. The summed E-state index contributed by atoms with van der Waals surface area (Å²) in [5, 5.41) is 4.00. The number of rotatable bonds is 3. The summed E-state index contributed by atoms with van der Waals surface area (Å²) in [5.41, 5.74) is 7.74. The van der Waals surface area contributed by atoms with Gasteiger partial charge in [0.25, 0.3) is 0 Å². The number of carbonyl (C=O) groups is 1. The number of nitrogen functional groups attached to an aromatic ring is 1. The third-order valence-electron chi connectivity index (χ3n) is 2.90. The summed E-state index contributed by atoms with van der Waals surface area (Å²) in [6.45, 7) is 1.85. The van der Waals surface area contributed by atoms with E-state index in [2.05, 4.69) is 15.0 Å². The average molecular weight is 326 g/mol. The zero-order chi connectivity index (χ0) is 15.6. The van der Waals surface area contributed by atoms with Crippen LogP contribution in [0, 0.1) is 6.92 Å². The Bertz CT molecular complexity index is 705. The number of aromatic nitrogens is 1. The molecule has 110 valence electrons. The fourth-order valence-corrected chi connectivity index (χ4v) is 2.16. The van der Waals surface area contributed by atoms with Crippen LogP contribution in [0.5, 0.6) is 0 Å². The van der Waals surface area contributed by atoms with Crippen molar-refractivity contribution in [1.29, 1.82) is 0 Å². The number of hydrogen-bond acceptors (Lipinski definition) is 5. The number of nitrogens with one attached hydrogen (secondary N) is 1. The van der Waals surface area contributed by atoms with Crippen LogP contribution in [0.15, 0.2) is 24.4 Å². The Hall–Kier alpha value is -1.98. The number of nitrogens with two attached hydrogens (primary N) is 1. The van der Waals surface area contributed by atoms with Crippen molar-refractivity contribution in [3.05, 3.63) is 45.6 Å². The SMILES string of the molecule is COC(=O)c1ccnc(Nc2cc(Cl)c(C)cc2Cl)c1N. The van der Waals surface area contributed by atoms with Crippen molar-refractivity contribution in [3.63, 3.8) is 0 Å². The first-order valence-electron chi connectivity index (χ1n) is 5.99. The predicted octanol–water partition coefficient (Wildman–Crippen LogP) is 3.81. The van der Waals surface area contributed by atoms with Crippen molar-refractivity contribution in [2.45, 2.75) is 6.92 Å². The molecule has 0 saturated heterocycles. The highest BCUT2D eigenvalue weighted by atomic mass is 35.5. The largest absolute Gasteiger partial charge is 0.465 e. The zero-order valence-corrected chi connectivity index (χ0v) is 12.9. The number of methoxy groups -OCH3 is 1. The number of aryl methyl sites for hydroxylation is 1. The third-order valence-corrected chi connectivity index (χ3v) is 3.62. The van der Waals surface area contributed by atoms with Crippen LogP contribution in [-0.4, -0.2) is 18.1 Å². The summed E-state index contributed by atoms with van der Waals surface area (Å²) in [7, 11) is 1.28. The van der Waals surface area contributed by atoms with E-state index in [0.29, 0.717) is 21.6 Å². The molecular formula is C14H13Cl2N3O2. The van der Waals surface area contributed by atoms with Crippen LogP contribution >= 0.6 is 23.2 Å². The molecule has 21 heavy (non-hydrogen) atoms. The third kappa shape index (κ3) is 3.20. The number of anilines is 3. The average Bonchev–Trinajstić information content (AvgIpc) is 2.46. The summed E-state index contributed by atoms with van der Waals surface area (Å²) >= 11 is 12.2. The summed E-state index contributed by atoms with van der Waals surface area (Å²) in [6, 6.07) is 4.88. The second kappa shape index (κ2) is 6.20. The molecule has 0 radical (unpaired) electrons. The van der Waals surface area contributed by atoms with E-state index in [4.69, 9.17) is 28.9 Å². The van der Waals surface area contributed by atoms with Crippen molar-refractivity contribution < 1.29 is 9.53 Å². The molecule has 3 N–H and O–H groups in total. The number of nitrogens with zero attached hydrogens (tertiary/aromatic N) is 1. The highest BCUT2D eigenvalue weighted by Crippen LogP contribution is 2.32. The van der Waals surface area contributed by atoms with Gasteiger partial charge in [0.1, 0.15) is 0 Å². The molecule has 0 unspecified atom stereocenters. The molecule has 0 aliphatic rings. The van der Waals surface area contributed by atoms with E-state index in [0.717, 1.165) is 5.56 Å². The maximum atomic E-state index is 11.6. The molecule has 1 aromatic carbocycles. The summed E-state index contributed by atoms with van der Waals surface area (Å²) in [4.78, 5) is 15.7. The van der Waals surface area contributed by atoms with Crippen LogP contribution in [0.3, 0.4) is 0 Å². The van der Waals surface area contributed by atoms with Gasteiger partial charge in [-0.25, -0.2) is 9.78 Å². The molecule has 7 heteroatoms. The smallest absolute Gasteiger partial charge is 0.340 e. The zero-order valence-electron chi connectivity index (χ0n) is 11.4. The first kappa shape index (κ1) is 15.4. The van der Waals surface area contributed by atoms with Gasteiger partial charge in [-0.3, -0.25) is 0 Å². The fourth-order valence-electron chi connectivity index (χ4n) is 1.73. The number of pyridine rings is 1. The molecule has 5 nitrogen and oxygen atoms in total. The number of carbonyl (C=O) groups excluding carboxylic acids is 1. The normalized spacial score (nSPS) is 10.3. The number of hydrogen-bond donors (Lipinski definition) is 2. The number of esters is 1. The topological polar surface area (TPSA) is 77.2 Å². The maximum absolute atomic E-state index is 11.6. The van der Waals surface area contributed by atoms with Gasteiger partial charge >= 0.3 is 5.97 Å². The van der Waals surface area contributed by atoms with E-state index in [-0.39, 0.29) is 11.3 Å². The van der Waals surface area contributed by atoms with Crippen LogP contribution in [-0.2, 0) is 4.74 Å². The predicted molar refractivity (Wildman–Crippen MR) is 84.5 cm³/mol. The minimum absolute atomic E-state index is 0.178. The molecule has 0 amide bonds. The van der Waals surface area contributed by atoms with Gasteiger partial charge in [0.05, 0.1) is 29.1 Å².